The van der Waals surface area contributed by atoms with Crippen LogP contribution >= 0.6 is 0 Å². The lowest BCUT2D eigenvalue weighted by atomic mass is 9.54. The van der Waals surface area contributed by atoms with Crippen LogP contribution in [0.5, 0.6) is 0 Å². The minimum Gasteiger partial charge on any atom is -0.299 e. The van der Waals surface area contributed by atoms with Gasteiger partial charge in [-0.25, -0.2) is 0 Å². The number of fused-ring (bicyclic) bond motifs is 1. The molecule has 0 aliphatic heterocycles. The molecule has 2 fully saturated rings. The number of hydrogen-bond donors (Lipinski definition) is 0. The fraction of sp³-hybridized carbons (Fsp3) is 0.800. The highest BCUT2D eigenvalue weighted by Crippen LogP contribution is 2.53. The average Bonchev–Trinajstić information content (AvgIpc) is 2.24. The van der Waals surface area contributed by atoms with E-state index in [2.05, 4.69) is 27.4 Å². The normalized spacial score (nSPS) is 43.9. The van der Waals surface area contributed by atoms with Crippen molar-refractivity contribution < 1.29 is 4.79 Å². The molecule has 0 aromatic carbocycles. The Morgan fingerprint density at radius 3 is 2.75 bits per heavy atom. The summed E-state index contributed by atoms with van der Waals surface area (Å²) in [6.07, 6.45) is 5.68. The summed E-state index contributed by atoms with van der Waals surface area (Å²) in [4.78, 5) is 11.8. The van der Waals surface area contributed by atoms with Crippen molar-refractivity contribution in [2.45, 2.75) is 52.9 Å². The zero-order valence-corrected chi connectivity index (χ0v) is 10.9. The third-order valence-corrected chi connectivity index (χ3v) is 5.25. The van der Waals surface area contributed by atoms with Gasteiger partial charge in [-0.1, -0.05) is 26.0 Å². The minimum absolute atomic E-state index is 0.279. The number of carbonyl (C=O) groups is 1. The Hall–Kier alpha value is -0.590. The lowest BCUT2D eigenvalue weighted by Gasteiger charge is -2.50. The van der Waals surface area contributed by atoms with Crippen LogP contribution in [0.3, 0.4) is 0 Å². The predicted octanol–water partition coefficient (Wildman–Crippen LogP) is 3.98. The van der Waals surface area contributed by atoms with Crippen molar-refractivity contribution in [1.29, 1.82) is 0 Å². The molecule has 0 radical (unpaired) electrons. The first-order valence-corrected chi connectivity index (χ1v) is 6.62. The van der Waals surface area contributed by atoms with E-state index in [1.807, 2.05) is 0 Å². The van der Waals surface area contributed by atoms with Crippen LogP contribution in [0.1, 0.15) is 52.9 Å². The average molecular weight is 220 g/mol. The number of Topliss-reactive ketones (excluding diaryl/α,β-unsaturated/α-hetero) is 1. The van der Waals surface area contributed by atoms with Gasteiger partial charge in [-0.15, -0.1) is 0 Å². The predicted molar refractivity (Wildman–Crippen MR) is 67.2 cm³/mol. The smallest absolute Gasteiger partial charge is 0.136 e. The van der Waals surface area contributed by atoms with Gasteiger partial charge in [-0.2, -0.15) is 0 Å². The van der Waals surface area contributed by atoms with Crippen molar-refractivity contribution in [1.82, 2.24) is 0 Å². The van der Waals surface area contributed by atoms with Gasteiger partial charge >= 0.3 is 0 Å². The molecule has 90 valence electrons. The van der Waals surface area contributed by atoms with Gasteiger partial charge in [0.15, 0.2) is 0 Å². The molecule has 2 rings (SSSR count). The number of rotatable bonds is 1. The molecule has 2 aliphatic rings. The maximum absolute atomic E-state index is 11.8. The molecular formula is C15H24O. The van der Waals surface area contributed by atoms with Gasteiger partial charge in [0.2, 0.25) is 0 Å². The largest absolute Gasteiger partial charge is 0.299 e. The van der Waals surface area contributed by atoms with Crippen LogP contribution in [0.25, 0.3) is 0 Å². The van der Waals surface area contributed by atoms with Crippen LogP contribution in [0, 0.1) is 23.2 Å². The zero-order valence-electron chi connectivity index (χ0n) is 10.9. The monoisotopic (exact) mass is 220 g/mol. The van der Waals surface area contributed by atoms with E-state index in [0.717, 1.165) is 12.8 Å². The maximum atomic E-state index is 11.8. The Morgan fingerprint density at radius 1 is 1.44 bits per heavy atom. The van der Waals surface area contributed by atoms with Crippen molar-refractivity contribution in [3.8, 4) is 0 Å². The Morgan fingerprint density at radius 2 is 2.12 bits per heavy atom. The van der Waals surface area contributed by atoms with E-state index in [1.54, 1.807) is 0 Å². The van der Waals surface area contributed by atoms with E-state index >= 15 is 0 Å². The molecule has 4 unspecified atom stereocenters. The highest BCUT2D eigenvalue weighted by atomic mass is 16.1. The second-order valence-electron chi connectivity index (χ2n) is 6.33. The zero-order chi connectivity index (χ0) is 11.9. The summed E-state index contributed by atoms with van der Waals surface area (Å²) in [7, 11) is 0. The molecule has 4 atom stereocenters. The van der Waals surface area contributed by atoms with Crippen LogP contribution in [-0.4, -0.2) is 5.78 Å². The first-order chi connectivity index (χ1) is 7.44. The fourth-order valence-corrected chi connectivity index (χ4v) is 3.82. The lowest BCUT2D eigenvalue weighted by Crippen LogP contribution is -2.44. The molecule has 2 saturated carbocycles. The molecule has 0 bridgehead atoms. The minimum atomic E-state index is 0.279. The van der Waals surface area contributed by atoms with Crippen molar-refractivity contribution in [2.75, 3.05) is 0 Å². The molecule has 0 saturated heterocycles. The lowest BCUT2D eigenvalue weighted by molar-refractivity contribution is -0.133. The van der Waals surface area contributed by atoms with Gasteiger partial charge in [0.05, 0.1) is 0 Å². The van der Waals surface area contributed by atoms with Crippen LogP contribution in [0.2, 0.25) is 0 Å². The molecular weight excluding hydrogens is 196 g/mol. The SMILES string of the molecule is C=C(C)C1CCC2(C)CCC(=O)C(C)C2C1. The summed E-state index contributed by atoms with van der Waals surface area (Å²) < 4.78 is 0. The Bertz CT molecular complexity index is 317. The summed E-state index contributed by atoms with van der Waals surface area (Å²) in [5.41, 5.74) is 1.74. The highest BCUT2D eigenvalue weighted by Gasteiger charge is 2.47. The molecule has 0 N–H and O–H groups in total. The molecule has 0 aromatic rings. The molecule has 1 heteroatoms. The van der Waals surface area contributed by atoms with Gasteiger partial charge in [0.25, 0.3) is 0 Å². The van der Waals surface area contributed by atoms with E-state index in [-0.39, 0.29) is 5.92 Å². The summed E-state index contributed by atoms with van der Waals surface area (Å²) in [5.74, 6) is 2.03. The molecule has 0 heterocycles. The summed E-state index contributed by atoms with van der Waals surface area (Å²) in [5, 5.41) is 0. The standard InChI is InChI=1S/C15H24O/c1-10(2)12-5-7-15(4)8-6-14(16)11(3)13(15)9-12/h11-13H,1,5-9H2,2-4H3. The Balaban J connectivity index is 2.18. The quantitative estimate of drug-likeness (QED) is 0.611. The molecule has 0 aromatic heterocycles. The van der Waals surface area contributed by atoms with Crippen molar-refractivity contribution in [2.24, 2.45) is 23.2 Å². The van der Waals surface area contributed by atoms with Crippen molar-refractivity contribution in [3.05, 3.63) is 12.2 Å². The van der Waals surface area contributed by atoms with E-state index in [9.17, 15) is 4.79 Å². The van der Waals surface area contributed by atoms with E-state index in [1.165, 1.54) is 24.8 Å². The number of carbonyl (C=O) groups excluding carboxylic acids is 1. The molecule has 2 aliphatic carbocycles. The van der Waals surface area contributed by atoms with Crippen LogP contribution in [0.15, 0.2) is 12.2 Å². The molecule has 16 heavy (non-hydrogen) atoms. The second-order valence-corrected chi connectivity index (χ2v) is 6.33. The summed E-state index contributed by atoms with van der Waals surface area (Å²) in [6, 6.07) is 0. The third kappa shape index (κ3) is 1.85. The van der Waals surface area contributed by atoms with Crippen LogP contribution in [0.4, 0.5) is 0 Å². The Labute approximate surface area is 99.3 Å². The summed E-state index contributed by atoms with van der Waals surface area (Å²) >= 11 is 0. The molecule has 0 amide bonds. The third-order valence-electron chi connectivity index (χ3n) is 5.25. The van der Waals surface area contributed by atoms with Gasteiger partial charge in [0, 0.05) is 12.3 Å². The van der Waals surface area contributed by atoms with Gasteiger partial charge in [-0.3, -0.25) is 4.79 Å². The first kappa shape index (κ1) is 11.9. The van der Waals surface area contributed by atoms with Gasteiger partial charge < -0.3 is 0 Å². The van der Waals surface area contributed by atoms with E-state index < -0.39 is 0 Å². The van der Waals surface area contributed by atoms with Gasteiger partial charge in [-0.05, 0) is 49.9 Å². The number of allylic oxidation sites excluding steroid dienone is 1. The van der Waals surface area contributed by atoms with E-state index in [0.29, 0.717) is 23.0 Å². The fourth-order valence-electron chi connectivity index (χ4n) is 3.82. The van der Waals surface area contributed by atoms with Crippen LogP contribution in [-0.2, 0) is 4.79 Å². The second kappa shape index (κ2) is 4.01. The highest BCUT2D eigenvalue weighted by molar-refractivity contribution is 5.82. The topological polar surface area (TPSA) is 17.1 Å². The van der Waals surface area contributed by atoms with Crippen molar-refractivity contribution >= 4 is 5.78 Å². The van der Waals surface area contributed by atoms with Crippen LogP contribution < -0.4 is 0 Å². The van der Waals surface area contributed by atoms with Crippen molar-refractivity contribution in [3.63, 3.8) is 0 Å². The number of ketones is 1. The number of hydrogen-bond acceptors (Lipinski definition) is 1. The van der Waals surface area contributed by atoms with Gasteiger partial charge in [0.1, 0.15) is 5.78 Å². The molecule has 1 nitrogen and oxygen atoms in total. The van der Waals surface area contributed by atoms with E-state index in [4.69, 9.17) is 0 Å². The summed E-state index contributed by atoms with van der Waals surface area (Å²) in [6.45, 7) is 10.8. The maximum Gasteiger partial charge on any atom is 0.136 e. The molecule has 0 spiro atoms. The first-order valence-electron chi connectivity index (χ1n) is 6.62. The Kier molecular flexibility index (Phi) is 2.98.